The summed E-state index contributed by atoms with van der Waals surface area (Å²) in [5, 5.41) is 5.68. The van der Waals surface area contributed by atoms with Crippen LogP contribution in [0.5, 0.6) is 5.75 Å². The molecule has 0 spiro atoms. The van der Waals surface area contributed by atoms with Gasteiger partial charge in [0.25, 0.3) is 11.8 Å². The quantitative estimate of drug-likeness (QED) is 0.728. The van der Waals surface area contributed by atoms with Crippen LogP contribution in [0.2, 0.25) is 0 Å². The van der Waals surface area contributed by atoms with Crippen LogP contribution in [-0.4, -0.2) is 49.7 Å². The molecule has 0 bridgehead atoms. The molecule has 0 radical (unpaired) electrons. The molecule has 7 heteroatoms. The molecule has 1 aliphatic heterocycles. The molecule has 1 aliphatic rings. The van der Waals surface area contributed by atoms with Gasteiger partial charge in [-0.25, -0.2) is 0 Å². The van der Waals surface area contributed by atoms with Gasteiger partial charge in [-0.1, -0.05) is 12.1 Å². The molecule has 1 fully saturated rings. The second kappa shape index (κ2) is 9.85. The van der Waals surface area contributed by atoms with Crippen LogP contribution in [0.1, 0.15) is 39.3 Å². The molecule has 28 heavy (non-hydrogen) atoms. The van der Waals surface area contributed by atoms with Crippen LogP contribution in [-0.2, 0) is 11.2 Å². The van der Waals surface area contributed by atoms with Crippen molar-refractivity contribution in [1.82, 2.24) is 15.6 Å². The highest BCUT2D eigenvalue weighted by Crippen LogP contribution is 2.12. The number of aromatic nitrogens is 1. The van der Waals surface area contributed by atoms with Crippen LogP contribution in [0.25, 0.3) is 0 Å². The molecule has 2 amide bonds. The third kappa shape index (κ3) is 5.53. The van der Waals surface area contributed by atoms with Crippen molar-refractivity contribution in [3.8, 4) is 5.75 Å². The number of methoxy groups -OCH3 is 1. The van der Waals surface area contributed by atoms with E-state index >= 15 is 0 Å². The Kier molecular flexibility index (Phi) is 6.97. The highest BCUT2D eigenvalue weighted by molar-refractivity contribution is 5.98. The van der Waals surface area contributed by atoms with E-state index in [9.17, 15) is 9.59 Å². The number of carbonyl (C=O) groups is 2. The third-order valence-electron chi connectivity index (χ3n) is 4.63. The van der Waals surface area contributed by atoms with Crippen LogP contribution in [0.4, 0.5) is 0 Å². The number of hydrogen-bond acceptors (Lipinski definition) is 5. The van der Waals surface area contributed by atoms with Gasteiger partial charge in [-0.05, 0) is 49.1 Å². The standard InChI is InChI=1S/C21H25N3O4/c1-27-17-6-4-15(5-7-17)8-10-23-20(25)16-9-11-22-19(13-16)21(26)24-14-18-3-2-12-28-18/h4-7,9,11,13,18H,2-3,8,10,12,14H2,1H3,(H,23,25)(H,24,26). The van der Waals surface area contributed by atoms with E-state index in [1.165, 1.54) is 12.3 Å². The molecule has 1 aromatic heterocycles. The number of hydrogen-bond donors (Lipinski definition) is 2. The zero-order chi connectivity index (χ0) is 19.8. The fraction of sp³-hybridized carbons (Fsp3) is 0.381. The Balaban J connectivity index is 1.49. The number of rotatable bonds is 8. The SMILES string of the molecule is COc1ccc(CCNC(=O)c2ccnc(C(=O)NCC3CCCO3)c2)cc1. The zero-order valence-corrected chi connectivity index (χ0v) is 15.9. The zero-order valence-electron chi connectivity index (χ0n) is 15.9. The monoisotopic (exact) mass is 383 g/mol. The normalized spacial score (nSPS) is 15.8. The van der Waals surface area contributed by atoms with E-state index in [2.05, 4.69) is 15.6 Å². The molecule has 2 N–H and O–H groups in total. The van der Waals surface area contributed by atoms with Crippen molar-refractivity contribution in [2.24, 2.45) is 0 Å². The summed E-state index contributed by atoms with van der Waals surface area (Å²) >= 11 is 0. The van der Waals surface area contributed by atoms with E-state index in [1.54, 1.807) is 13.2 Å². The van der Waals surface area contributed by atoms with Crippen LogP contribution >= 0.6 is 0 Å². The number of carbonyl (C=O) groups excluding carboxylic acids is 2. The summed E-state index contributed by atoms with van der Waals surface area (Å²) in [6.45, 7) is 1.69. The maximum Gasteiger partial charge on any atom is 0.269 e. The fourth-order valence-corrected chi connectivity index (χ4v) is 3.01. The minimum absolute atomic E-state index is 0.0633. The van der Waals surface area contributed by atoms with E-state index in [0.29, 0.717) is 25.1 Å². The summed E-state index contributed by atoms with van der Waals surface area (Å²) in [6, 6.07) is 10.8. The van der Waals surface area contributed by atoms with Crippen molar-refractivity contribution in [2.75, 3.05) is 26.8 Å². The Morgan fingerprint density at radius 1 is 1.18 bits per heavy atom. The van der Waals surface area contributed by atoms with E-state index in [1.807, 2.05) is 24.3 Å². The molecule has 0 aliphatic carbocycles. The molecular formula is C21H25N3O4. The molecule has 0 saturated carbocycles. The topological polar surface area (TPSA) is 89.5 Å². The summed E-state index contributed by atoms with van der Waals surface area (Å²) in [5.74, 6) is 0.266. The molecule has 7 nitrogen and oxygen atoms in total. The number of amides is 2. The lowest BCUT2D eigenvalue weighted by atomic mass is 10.1. The molecular weight excluding hydrogens is 358 g/mol. The average Bonchev–Trinajstić information content (AvgIpc) is 3.26. The van der Waals surface area contributed by atoms with Gasteiger partial charge in [0, 0.05) is 31.5 Å². The van der Waals surface area contributed by atoms with Gasteiger partial charge in [0.2, 0.25) is 0 Å². The molecule has 3 rings (SSSR count). The average molecular weight is 383 g/mol. The summed E-state index contributed by atoms with van der Waals surface area (Å²) in [4.78, 5) is 28.7. The molecule has 2 aromatic rings. The first-order chi connectivity index (χ1) is 13.7. The lowest BCUT2D eigenvalue weighted by molar-refractivity contribution is 0.0853. The van der Waals surface area contributed by atoms with Gasteiger partial charge in [-0.15, -0.1) is 0 Å². The van der Waals surface area contributed by atoms with Crippen molar-refractivity contribution in [3.63, 3.8) is 0 Å². The summed E-state index contributed by atoms with van der Waals surface area (Å²) < 4.78 is 10.6. The number of pyridine rings is 1. The first-order valence-electron chi connectivity index (χ1n) is 9.42. The van der Waals surface area contributed by atoms with E-state index in [0.717, 1.165) is 30.8 Å². The number of ether oxygens (including phenoxy) is 2. The lowest BCUT2D eigenvalue weighted by Crippen LogP contribution is -2.32. The molecule has 1 saturated heterocycles. The highest BCUT2D eigenvalue weighted by atomic mass is 16.5. The van der Waals surface area contributed by atoms with Crippen LogP contribution in [0.3, 0.4) is 0 Å². The van der Waals surface area contributed by atoms with Crippen molar-refractivity contribution in [1.29, 1.82) is 0 Å². The predicted molar refractivity (Wildman–Crippen MR) is 105 cm³/mol. The predicted octanol–water partition coefficient (Wildman–Crippen LogP) is 1.97. The lowest BCUT2D eigenvalue weighted by Gasteiger charge is -2.11. The second-order valence-electron chi connectivity index (χ2n) is 6.63. The first kappa shape index (κ1) is 19.8. The van der Waals surface area contributed by atoms with Gasteiger partial charge in [0.15, 0.2) is 0 Å². The molecule has 1 unspecified atom stereocenters. The van der Waals surface area contributed by atoms with Crippen molar-refractivity contribution < 1.29 is 19.1 Å². The largest absolute Gasteiger partial charge is 0.497 e. The third-order valence-corrected chi connectivity index (χ3v) is 4.63. The van der Waals surface area contributed by atoms with Gasteiger partial charge in [0.1, 0.15) is 11.4 Å². The fourth-order valence-electron chi connectivity index (χ4n) is 3.01. The van der Waals surface area contributed by atoms with Crippen LogP contribution in [0.15, 0.2) is 42.6 Å². The molecule has 2 heterocycles. The first-order valence-corrected chi connectivity index (χ1v) is 9.42. The maximum atomic E-state index is 12.4. The van der Waals surface area contributed by atoms with Gasteiger partial charge in [-0.2, -0.15) is 0 Å². The van der Waals surface area contributed by atoms with E-state index in [-0.39, 0.29) is 23.6 Å². The summed E-state index contributed by atoms with van der Waals surface area (Å²) in [7, 11) is 1.63. The van der Waals surface area contributed by atoms with Gasteiger partial charge in [0.05, 0.1) is 13.2 Å². The number of nitrogens with zero attached hydrogens (tertiary/aromatic N) is 1. The van der Waals surface area contributed by atoms with Gasteiger partial charge < -0.3 is 20.1 Å². The van der Waals surface area contributed by atoms with Crippen molar-refractivity contribution in [3.05, 3.63) is 59.4 Å². The minimum atomic E-state index is -0.302. The Hall–Kier alpha value is -2.93. The highest BCUT2D eigenvalue weighted by Gasteiger charge is 2.17. The van der Waals surface area contributed by atoms with Gasteiger partial charge >= 0.3 is 0 Å². The van der Waals surface area contributed by atoms with E-state index < -0.39 is 0 Å². The second-order valence-corrected chi connectivity index (χ2v) is 6.63. The maximum absolute atomic E-state index is 12.4. The van der Waals surface area contributed by atoms with Crippen LogP contribution in [0, 0.1) is 0 Å². The Morgan fingerprint density at radius 3 is 2.71 bits per heavy atom. The Labute approximate surface area is 164 Å². The molecule has 148 valence electrons. The number of benzene rings is 1. The summed E-state index contributed by atoms with van der Waals surface area (Å²) in [5.41, 5.74) is 1.73. The van der Waals surface area contributed by atoms with E-state index in [4.69, 9.17) is 9.47 Å². The van der Waals surface area contributed by atoms with Crippen molar-refractivity contribution >= 4 is 11.8 Å². The van der Waals surface area contributed by atoms with Crippen molar-refractivity contribution in [2.45, 2.75) is 25.4 Å². The number of nitrogens with one attached hydrogen (secondary N) is 2. The summed E-state index contributed by atoms with van der Waals surface area (Å²) in [6.07, 6.45) is 4.21. The minimum Gasteiger partial charge on any atom is -0.497 e. The Morgan fingerprint density at radius 2 is 2.00 bits per heavy atom. The van der Waals surface area contributed by atoms with Gasteiger partial charge in [-0.3, -0.25) is 14.6 Å². The molecule has 1 aromatic carbocycles. The molecule has 1 atom stereocenters. The Bertz CT molecular complexity index is 802. The van der Waals surface area contributed by atoms with Crippen LogP contribution < -0.4 is 15.4 Å². The smallest absolute Gasteiger partial charge is 0.269 e.